The van der Waals surface area contributed by atoms with E-state index in [1.807, 2.05) is 0 Å². The van der Waals surface area contributed by atoms with Gasteiger partial charge in [-0.05, 0) is 62.7 Å². The van der Waals surface area contributed by atoms with Crippen molar-refractivity contribution in [3.8, 4) is 0 Å². The largest absolute Gasteiger partial charge is 0.326 e. The predicted molar refractivity (Wildman–Crippen MR) is 88.9 cm³/mol. The van der Waals surface area contributed by atoms with E-state index < -0.39 is 10.0 Å². The summed E-state index contributed by atoms with van der Waals surface area (Å²) in [7, 11) is -3.51. The minimum atomic E-state index is -3.51. The number of nitrogens with zero attached hydrogens (tertiary/aromatic N) is 1. The lowest BCUT2D eigenvalue weighted by molar-refractivity contribution is -0.115. The van der Waals surface area contributed by atoms with Gasteiger partial charge in [-0.3, -0.25) is 4.79 Å². The van der Waals surface area contributed by atoms with Gasteiger partial charge in [0.05, 0.1) is 11.3 Å². The molecule has 2 heterocycles. The Balaban J connectivity index is 1.53. The average molecular weight is 337 g/mol. The first-order valence-electron chi connectivity index (χ1n) is 8.19. The molecule has 1 saturated heterocycles. The number of amides is 1. The number of hydrogen-bond acceptors (Lipinski definition) is 4. The van der Waals surface area contributed by atoms with Gasteiger partial charge in [0, 0.05) is 12.2 Å². The number of piperidine rings is 1. The molecule has 0 bridgehead atoms. The summed E-state index contributed by atoms with van der Waals surface area (Å²) >= 11 is 0. The lowest BCUT2D eigenvalue weighted by Gasteiger charge is -2.26. The van der Waals surface area contributed by atoms with Crippen molar-refractivity contribution in [2.45, 2.75) is 37.0 Å². The van der Waals surface area contributed by atoms with E-state index in [-0.39, 0.29) is 17.2 Å². The third kappa shape index (κ3) is 4.10. The first kappa shape index (κ1) is 16.4. The number of benzene rings is 1. The van der Waals surface area contributed by atoms with Crippen LogP contribution in [-0.2, 0) is 21.2 Å². The van der Waals surface area contributed by atoms with E-state index in [0.29, 0.717) is 12.2 Å². The predicted octanol–water partition coefficient (Wildman–Crippen LogP) is 1.34. The van der Waals surface area contributed by atoms with Crippen LogP contribution >= 0.6 is 0 Å². The van der Waals surface area contributed by atoms with Gasteiger partial charge in [0.1, 0.15) is 0 Å². The topological polar surface area (TPSA) is 78.5 Å². The van der Waals surface area contributed by atoms with Gasteiger partial charge in [-0.25, -0.2) is 13.1 Å². The Morgan fingerprint density at radius 3 is 2.74 bits per heavy atom. The van der Waals surface area contributed by atoms with Crippen LogP contribution in [0.4, 0.5) is 5.69 Å². The number of nitrogens with one attached hydrogen (secondary N) is 2. The summed E-state index contributed by atoms with van der Waals surface area (Å²) in [5, 5.41) is 2.70. The molecule has 6 nitrogen and oxygen atoms in total. The highest BCUT2D eigenvalue weighted by molar-refractivity contribution is 7.89. The molecule has 1 aromatic carbocycles. The normalized spacial score (nSPS) is 18.7. The molecule has 0 unspecified atom stereocenters. The van der Waals surface area contributed by atoms with Gasteiger partial charge in [0.2, 0.25) is 15.9 Å². The third-order valence-electron chi connectivity index (χ3n) is 4.40. The molecule has 0 aromatic heterocycles. The molecule has 3 rings (SSSR count). The summed E-state index contributed by atoms with van der Waals surface area (Å²) < 4.78 is 27.3. The Kier molecular flexibility index (Phi) is 4.99. The minimum Gasteiger partial charge on any atom is -0.326 e. The smallest absolute Gasteiger partial charge is 0.240 e. The molecule has 0 atom stereocenters. The van der Waals surface area contributed by atoms with Crippen LogP contribution in [0, 0.1) is 0 Å². The summed E-state index contributed by atoms with van der Waals surface area (Å²) in [5.74, 6) is -0.0935. The molecule has 2 aliphatic rings. The van der Waals surface area contributed by atoms with Crippen LogP contribution in [0.2, 0.25) is 0 Å². The second-order valence-corrected chi connectivity index (χ2v) is 7.96. The van der Waals surface area contributed by atoms with Crippen molar-refractivity contribution >= 4 is 21.6 Å². The van der Waals surface area contributed by atoms with E-state index >= 15 is 0 Å². The van der Waals surface area contributed by atoms with Gasteiger partial charge < -0.3 is 10.2 Å². The molecule has 0 radical (unpaired) electrons. The number of hydrogen-bond donors (Lipinski definition) is 2. The van der Waals surface area contributed by atoms with Crippen LogP contribution in [-0.4, -0.2) is 45.4 Å². The number of rotatable bonds is 6. The zero-order valence-corrected chi connectivity index (χ0v) is 14.0. The highest BCUT2D eigenvalue weighted by Gasteiger charge is 2.21. The second-order valence-electron chi connectivity index (χ2n) is 6.20. The van der Waals surface area contributed by atoms with E-state index in [9.17, 15) is 13.2 Å². The molecule has 2 aliphatic heterocycles. The summed E-state index contributed by atoms with van der Waals surface area (Å²) in [6, 6.07) is 4.78. The molecule has 0 saturated carbocycles. The SMILES string of the molecule is O=C1Cc2cc(S(=O)(=O)NCCCN3CCCCC3)ccc2N1. The van der Waals surface area contributed by atoms with Crippen molar-refractivity contribution in [1.82, 2.24) is 9.62 Å². The van der Waals surface area contributed by atoms with E-state index in [1.165, 1.54) is 25.3 Å². The monoisotopic (exact) mass is 337 g/mol. The first-order chi connectivity index (χ1) is 11.0. The van der Waals surface area contributed by atoms with Crippen molar-refractivity contribution < 1.29 is 13.2 Å². The fraction of sp³-hybridized carbons (Fsp3) is 0.562. The quantitative estimate of drug-likeness (QED) is 0.768. The Hall–Kier alpha value is -1.44. The number of carbonyl (C=O) groups excluding carboxylic acids is 1. The highest BCUT2D eigenvalue weighted by atomic mass is 32.2. The molecular weight excluding hydrogens is 314 g/mol. The minimum absolute atomic E-state index is 0.0935. The van der Waals surface area contributed by atoms with Gasteiger partial charge in [-0.1, -0.05) is 6.42 Å². The van der Waals surface area contributed by atoms with Gasteiger partial charge in [-0.15, -0.1) is 0 Å². The van der Waals surface area contributed by atoms with Crippen LogP contribution in [0.1, 0.15) is 31.2 Å². The summed E-state index contributed by atoms with van der Waals surface area (Å²) in [6.45, 7) is 3.62. The standard InChI is InChI=1S/C16H23N3O3S/c20-16-12-13-11-14(5-6-15(13)18-16)23(21,22)17-7-4-10-19-8-2-1-3-9-19/h5-6,11,17H,1-4,7-10,12H2,(H,18,20). The van der Waals surface area contributed by atoms with Gasteiger partial charge in [-0.2, -0.15) is 0 Å². The highest BCUT2D eigenvalue weighted by Crippen LogP contribution is 2.25. The molecule has 2 N–H and O–H groups in total. The Labute approximate surface area is 137 Å². The molecule has 23 heavy (non-hydrogen) atoms. The van der Waals surface area contributed by atoms with Crippen LogP contribution in [0.3, 0.4) is 0 Å². The van der Waals surface area contributed by atoms with E-state index in [1.54, 1.807) is 12.1 Å². The van der Waals surface area contributed by atoms with Gasteiger partial charge in [0.25, 0.3) is 0 Å². The molecule has 0 spiro atoms. The number of anilines is 1. The fourth-order valence-corrected chi connectivity index (χ4v) is 4.27. The maximum atomic E-state index is 12.3. The third-order valence-corrected chi connectivity index (χ3v) is 5.86. The maximum Gasteiger partial charge on any atom is 0.240 e. The van der Waals surface area contributed by atoms with Crippen LogP contribution in [0.15, 0.2) is 23.1 Å². The van der Waals surface area contributed by atoms with Gasteiger partial charge >= 0.3 is 0 Å². The van der Waals surface area contributed by atoms with E-state index in [2.05, 4.69) is 14.9 Å². The maximum absolute atomic E-state index is 12.3. The lowest BCUT2D eigenvalue weighted by atomic mass is 10.1. The van der Waals surface area contributed by atoms with E-state index in [0.717, 1.165) is 31.6 Å². The molecule has 7 heteroatoms. The molecule has 1 aromatic rings. The Morgan fingerprint density at radius 2 is 1.96 bits per heavy atom. The second kappa shape index (κ2) is 6.98. The van der Waals surface area contributed by atoms with Crippen LogP contribution in [0.5, 0.6) is 0 Å². The zero-order valence-electron chi connectivity index (χ0n) is 13.2. The molecule has 126 valence electrons. The van der Waals surface area contributed by atoms with Crippen molar-refractivity contribution in [3.05, 3.63) is 23.8 Å². The van der Waals surface area contributed by atoms with Crippen molar-refractivity contribution in [3.63, 3.8) is 0 Å². The number of sulfonamides is 1. The Morgan fingerprint density at radius 1 is 1.17 bits per heavy atom. The average Bonchev–Trinajstić information content (AvgIpc) is 2.92. The van der Waals surface area contributed by atoms with Crippen LogP contribution in [0.25, 0.3) is 0 Å². The zero-order chi connectivity index (χ0) is 16.3. The summed E-state index contributed by atoms with van der Waals surface area (Å²) in [4.78, 5) is 14.0. The van der Waals surface area contributed by atoms with Crippen molar-refractivity contribution in [2.24, 2.45) is 0 Å². The Bertz CT molecular complexity index is 682. The van der Waals surface area contributed by atoms with Crippen molar-refractivity contribution in [2.75, 3.05) is 31.5 Å². The molecule has 1 fully saturated rings. The fourth-order valence-electron chi connectivity index (χ4n) is 3.15. The molecular formula is C16H23N3O3S. The molecule has 0 aliphatic carbocycles. The number of likely N-dealkylation sites (tertiary alicyclic amines) is 1. The number of carbonyl (C=O) groups is 1. The first-order valence-corrected chi connectivity index (χ1v) is 9.68. The van der Waals surface area contributed by atoms with Crippen LogP contribution < -0.4 is 10.0 Å². The molecule has 1 amide bonds. The van der Waals surface area contributed by atoms with Gasteiger partial charge in [0.15, 0.2) is 0 Å². The van der Waals surface area contributed by atoms with E-state index in [4.69, 9.17) is 0 Å². The summed E-state index contributed by atoms with van der Waals surface area (Å²) in [6.07, 6.45) is 4.85. The summed E-state index contributed by atoms with van der Waals surface area (Å²) in [5.41, 5.74) is 1.45. The van der Waals surface area contributed by atoms with Crippen molar-refractivity contribution in [1.29, 1.82) is 0 Å². The number of fused-ring (bicyclic) bond motifs is 1. The lowest BCUT2D eigenvalue weighted by Crippen LogP contribution is -2.33.